The first kappa shape index (κ1) is 45.0. The number of rotatable bonds is 35. The summed E-state index contributed by atoms with van der Waals surface area (Å²) in [5.41, 5.74) is 5.35. The highest BCUT2D eigenvalue weighted by molar-refractivity contribution is 7.47. The standard InChI is InChI=1S/C37H73N2O6P/c1-3-5-7-9-11-13-15-16-17-18-19-20-21-23-25-27-29-31-37(41)39-35(34-45-46(42,43)44-33-32-38)36(40)30-28-26-24-22-14-12-10-8-6-4-2/h11,13,16-17,35-36,40H,3-10,12,14-15,18-34,38H2,1-2H3,(H,39,41)(H,42,43)/b13-11-,17-16-. The van der Waals surface area contributed by atoms with Crippen LogP contribution in [-0.4, -0.2) is 47.8 Å². The summed E-state index contributed by atoms with van der Waals surface area (Å²) < 4.78 is 22.0. The molecule has 0 aliphatic carbocycles. The first-order chi connectivity index (χ1) is 22.4. The lowest BCUT2D eigenvalue weighted by atomic mass is 10.0. The summed E-state index contributed by atoms with van der Waals surface area (Å²) in [6.07, 6.45) is 36.1. The van der Waals surface area contributed by atoms with Crippen LogP contribution in [0.4, 0.5) is 0 Å². The molecule has 272 valence electrons. The summed E-state index contributed by atoms with van der Waals surface area (Å²) in [5, 5.41) is 13.7. The maximum absolute atomic E-state index is 12.7. The molecule has 0 aliphatic heterocycles. The van der Waals surface area contributed by atoms with Gasteiger partial charge in [0.05, 0.1) is 25.4 Å². The van der Waals surface area contributed by atoms with Crippen LogP contribution in [0.15, 0.2) is 24.3 Å². The number of aliphatic hydroxyl groups is 1. The number of hydrogen-bond acceptors (Lipinski definition) is 6. The normalized spacial score (nSPS) is 14.6. The first-order valence-electron chi connectivity index (χ1n) is 19.0. The van der Waals surface area contributed by atoms with Crippen LogP contribution in [0.1, 0.15) is 174 Å². The number of unbranched alkanes of at least 4 members (excludes halogenated alkanes) is 19. The van der Waals surface area contributed by atoms with E-state index in [2.05, 4.69) is 43.5 Å². The number of phosphoric ester groups is 1. The molecule has 0 aliphatic rings. The predicted molar refractivity (Wildman–Crippen MR) is 194 cm³/mol. The van der Waals surface area contributed by atoms with E-state index in [1.165, 1.54) is 96.3 Å². The molecule has 0 aromatic carbocycles. The fourth-order valence-electron chi connectivity index (χ4n) is 5.40. The van der Waals surface area contributed by atoms with Gasteiger partial charge < -0.3 is 21.1 Å². The van der Waals surface area contributed by atoms with Crippen LogP contribution in [-0.2, 0) is 18.4 Å². The zero-order valence-electron chi connectivity index (χ0n) is 29.8. The van der Waals surface area contributed by atoms with Crippen LogP contribution in [0.3, 0.4) is 0 Å². The van der Waals surface area contributed by atoms with E-state index in [-0.39, 0.29) is 25.7 Å². The maximum Gasteiger partial charge on any atom is 0.472 e. The molecule has 46 heavy (non-hydrogen) atoms. The Morgan fingerprint density at radius 2 is 1.20 bits per heavy atom. The number of nitrogens with one attached hydrogen (secondary N) is 1. The van der Waals surface area contributed by atoms with Crippen molar-refractivity contribution in [2.24, 2.45) is 5.73 Å². The van der Waals surface area contributed by atoms with Gasteiger partial charge in [0.15, 0.2) is 0 Å². The molecule has 0 saturated heterocycles. The highest BCUT2D eigenvalue weighted by Gasteiger charge is 2.27. The van der Waals surface area contributed by atoms with Gasteiger partial charge in [-0.25, -0.2) is 4.57 Å². The number of nitrogens with two attached hydrogens (primary N) is 1. The van der Waals surface area contributed by atoms with Crippen molar-refractivity contribution in [3.05, 3.63) is 24.3 Å². The fourth-order valence-corrected chi connectivity index (χ4v) is 6.16. The summed E-state index contributed by atoms with van der Waals surface area (Å²) in [5.74, 6) is -0.172. The van der Waals surface area contributed by atoms with Gasteiger partial charge in [0.1, 0.15) is 0 Å². The van der Waals surface area contributed by atoms with E-state index in [0.717, 1.165) is 51.4 Å². The van der Waals surface area contributed by atoms with Crippen LogP contribution in [0, 0.1) is 0 Å². The molecule has 0 fully saturated rings. The molecule has 8 nitrogen and oxygen atoms in total. The molecular formula is C37H73N2O6P. The summed E-state index contributed by atoms with van der Waals surface area (Å²) in [6.45, 7) is 4.15. The molecule has 9 heteroatoms. The Kier molecular flexibility index (Phi) is 33.1. The fraction of sp³-hybridized carbons (Fsp3) is 0.865. The van der Waals surface area contributed by atoms with Crippen molar-refractivity contribution in [3.8, 4) is 0 Å². The highest BCUT2D eigenvalue weighted by Crippen LogP contribution is 2.43. The Bertz CT molecular complexity index is 779. The number of phosphoric acid groups is 1. The van der Waals surface area contributed by atoms with Gasteiger partial charge >= 0.3 is 7.82 Å². The lowest BCUT2D eigenvalue weighted by Gasteiger charge is -2.25. The second kappa shape index (κ2) is 33.9. The van der Waals surface area contributed by atoms with Gasteiger partial charge in [-0.15, -0.1) is 0 Å². The lowest BCUT2D eigenvalue weighted by Crippen LogP contribution is -2.46. The van der Waals surface area contributed by atoms with E-state index in [1.807, 2.05) is 0 Å². The van der Waals surface area contributed by atoms with Crippen LogP contribution in [0.5, 0.6) is 0 Å². The van der Waals surface area contributed by atoms with Crippen molar-refractivity contribution in [1.82, 2.24) is 5.32 Å². The second-order valence-electron chi connectivity index (χ2n) is 12.8. The van der Waals surface area contributed by atoms with Crippen molar-refractivity contribution in [1.29, 1.82) is 0 Å². The van der Waals surface area contributed by atoms with E-state index in [4.69, 9.17) is 14.8 Å². The average Bonchev–Trinajstić information content (AvgIpc) is 3.04. The van der Waals surface area contributed by atoms with E-state index >= 15 is 0 Å². The van der Waals surface area contributed by atoms with Crippen molar-refractivity contribution >= 4 is 13.7 Å². The Hall–Kier alpha value is -1.02. The van der Waals surface area contributed by atoms with E-state index < -0.39 is 20.0 Å². The smallest absolute Gasteiger partial charge is 0.391 e. The lowest BCUT2D eigenvalue weighted by molar-refractivity contribution is -0.123. The number of carbonyl (C=O) groups is 1. The highest BCUT2D eigenvalue weighted by atomic mass is 31.2. The molecule has 0 heterocycles. The molecule has 5 N–H and O–H groups in total. The van der Waals surface area contributed by atoms with Gasteiger partial charge in [-0.3, -0.25) is 13.8 Å². The Labute approximate surface area is 283 Å². The van der Waals surface area contributed by atoms with Crippen molar-refractivity contribution in [2.45, 2.75) is 187 Å². The molecule has 3 unspecified atom stereocenters. The first-order valence-corrected chi connectivity index (χ1v) is 20.4. The molecule has 1 amide bonds. The number of hydrogen-bond donors (Lipinski definition) is 4. The molecule has 0 radical (unpaired) electrons. The van der Waals surface area contributed by atoms with Gasteiger partial charge in [-0.2, -0.15) is 0 Å². The van der Waals surface area contributed by atoms with Crippen LogP contribution >= 0.6 is 7.82 Å². The Morgan fingerprint density at radius 3 is 1.76 bits per heavy atom. The molecule has 0 aromatic heterocycles. The minimum atomic E-state index is -4.31. The summed E-state index contributed by atoms with van der Waals surface area (Å²) in [6, 6.07) is -0.774. The average molecular weight is 673 g/mol. The van der Waals surface area contributed by atoms with Gasteiger partial charge in [0, 0.05) is 13.0 Å². The third-order valence-electron chi connectivity index (χ3n) is 8.31. The number of amides is 1. The molecule has 3 atom stereocenters. The van der Waals surface area contributed by atoms with Gasteiger partial charge in [-0.1, -0.05) is 147 Å². The molecule has 0 spiro atoms. The minimum absolute atomic E-state index is 0.0874. The van der Waals surface area contributed by atoms with E-state index in [9.17, 15) is 19.4 Å². The zero-order valence-corrected chi connectivity index (χ0v) is 30.7. The number of carbonyl (C=O) groups excluding carboxylic acids is 1. The molecular weight excluding hydrogens is 599 g/mol. The third kappa shape index (κ3) is 31.6. The predicted octanol–water partition coefficient (Wildman–Crippen LogP) is 9.83. The quantitative estimate of drug-likeness (QED) is 0.0299. The number of aliphatic hydroxyl groups excluding tert-OH is 1. The SMILES string of the molecule is CCCCC/C=C\C/C=C\CCCCCCCCCC(=O)NC(COP(=O)(O)OCCN)C(O)CCCCCCCCCCCC. The summed E-state index contributed by atoms with van der Waals surface area (Å²) in [7, 11) is -4.31. The summed E-state index contributed by atoms with van der Waals surface area (Å²) >= 11 is 0. The van der Waals surface area contributed by atoms with Crippen LogP contribution < -0.4 is 11.1 Å². The number of allylic oxidation sites excluding steroid dienone is 4. The molecule has 0 aromatic rings. The zero-order chi connectivity index (χ0) is 34.0. The molecule has 0 saturated carbocycles. The van der Waals surface area contributed by atoms with Crippen molar-refractivity contribution in [3.63, 3.8) is 0 Å². The van der Waals surface area contributed by atoms with Crippen molar-refractivity contribution in [2.75, 3.05) is 19.8 Å². The van der Waals surface area contributed by atoms with E-state index in [1.54, 1.807) is 0 Å². The van der Waals surface area contributed by atoms with Gasteiger partial charge in [0.25, 0.3) is 0 Å². The Morgan fingerprint density at radius 1 is 0.717 bits per heavy atom. The van der Waals surface area contributed by atoms with Crippen LogP contribution in [0.25, 0.3) is 0 Å². The van der Waals surface area contributed by atoms with E-state index in [0.29, 0.717) is 12.8 Å². The van der Waals surface area contributed by atoms with Gasteiger partial charge in [-0.05, 0) is 44.9 Å². The molecule has 0 rings (SSSR count). The Balaban J connectivity index is 4.22. The third-order valence-corrected chi connectivity index (χ3v) is 9.29. The monoisotopic (exact) mass is 673 g/mol. The minimum Gasteiger partial charge on any atom is -0.391 e. The topological polar surface area (TPSA) is 131 Å². The molecule has 0 bridgehead atoms. The largest absolute Gasteiger partial charge is 0.472 e. The van der Waals surface area contributed by atoms with Gasteiger partial charge in [0.2, 0.25) is 5.91 Å². The maximum atomic E-state index is 12.7. The summed E-state index contributed by atoms with van der Waals surface area (Å²) in [4.78, 5) is 22.6. The second-order valence-corrected chi connectivity index (χ2v) is 14.2. The van der Waals surface area contributed by atoms with Crippen LogP contribution in [0.2, 0.25) is 0 Å². The van der Waals surface area contributed by atoms with Crippen molar-refractivity contribution < 1.29 is 28.4 Å².